The minimum absolute atomic E-state index is 0.564. The SMILES string of the molecule is CCC(C)(C)C1CC(C)CCC1C. The van der Waals surface area contributed by atoms with Crippen molar-refractivity contribution in [3.8, 4) is 0 Å². The molecule has 0 aromatic heterocycles. The second-order valence-electron chi connectivity index (χ2n) is 5.84. The summed E-state index contributed by atoms with van der Waals surface area (Å²) in [4.78, 5) is 0. The first-order valence-electron chi connectivity index (χ1n) is 5.97. The molecule has 0 aliphatic heterocycles. The highest BCUT2D eigenvalue weighted by Gasteiger charge is 2.35. The largest absolute Gasteiger partial charge is 0.0649 e. The standard InChI is InChI=1S/C13H26/c1-6-13(4,5)12-9-10(2)7-8-11(12)3/h10-12H,6-9H2,1-5H3. The molecule has 0 heterocycles. The second kappa shape index (κ2) is 4.02. The lowest BCUT2D eigenvalue weighted by Gasteiger charge is -2.43. The molecule has 1 aliphatic carbocycles. The van der Waals surface area contributed by atoms with Gasteiger partial charge in [0.25, 0.3) is 0 Å². The average molecular weight is 182 g/mol. The molecule has 0 bridgehead atoms. The van der Waals surface area contributed by atoms with Crippen molar-refractivity contribution in [1.82, 2.24) is 0 Å². The Labute approximate surface area is 84.1 Å². The molecule has 1 saturated carbocycles. The van der Waals surface area contributed by atoms with E-state index in [9.17, 15) is 0 Å². The Balaban J connectivity index is 2.65. The van der Waals surface area contributed by atoms with Crippen LogP contribution in [0.1, 0.15) is 60.3 Å². The van der Waals surface area contributed by atoms with Crippen LogP contribution in [-0.4, -0.2) is 0 Å². The zero-order chi connectivity index (χ0) is 10.1. The van der Waals surface area contributed by atoms with E-state index in [1.165, 1.54) is 25.7 Å². The topological polar surface area (TPSA) is 0 Å². The predicted molar refractivity (Wildman–Crippen MR) is 59.7 cm³/mol. The van der Waals surface area contributed by atoms with Gasteiger partial charge < -0.3 is 0 Å². The van der Waals surface area contributed by atoms with Crippen LogP contribution in [-0.2, 0) is 0 Å². The lowest BCUT2D eigenvalue weighted by Crippen LogP contribution is -2.33. The van der Waals surface area contributed by atoms with Crippen LogP contribution in [0.15, 0.2) is 0 Å². The van der Waals surface area contributed by atoms with Gasteiger partial charge in [-0.25, -0.2) is 0 Å². The molecular weight excluding hydrogens is 156 g/mol. The van der Waals surface area contributed by atoms with Crippen molar-refractivity contribution >= 4 is 0 Å². The summed E-state index contributed by atoms with van der Waals surface area (Å²) < 4.78 is 0. The van der Waals surface area contributed by atoms with E-state index in [0.717, 1.165) is 17.8 Å². The highest BCUT2D eigenvalue weighted by Crippen LogP contribution is 2.45. The van der Waals surface area contributed by atoms with E-state index in [1.54, 1.807) is 0 Å². The van der Waals surface area contributed by atoms with E-state index >= 15 is 0 Å². The number of hydrogen-bond donors (Lipinski definition) is 0. The Bertz CT molecular complexity index is 157. The predicted octanol–water partition coefficient (Wildman–Crippen LogP) is 4.49. The van der Waals surface area contributed by atoms with E-state index in [4.69, 9.17) is 0 Å². The first-order valence-corrected chi connectivity index (χ1v) is 5.97. The lowest BCUT2D eigenvalue weighted by atomic mass is 9.63. The molecule has 3 unspecified atom stereocenters. The third-order valence-corrected chi connectivity index (χ3v) is 4.37. The third-order valence-electron chi connectivity index (χ3n) is 4.37. The van der Waals surface area contributed by atoms with E-state index < -0.39 is 0 Å². The van der Waals surface area contributed by atoms with Crippen molar-refractivity contribution in [2.24, 2.45) is 23.2 Å². The smallest absolute Gasteiger partial charge is 0.0326 e. The van der Waals surface area contributed by atoms with Crippen LogP contribution in [0, 0.1) is 23.2 Å². The van der Waals surface area contributed by atoms with Crippen LogP contribution in [0.3, 0.4) is 0 Å². The zero-order valence-electron chi connectivity index (χ0n) is 10.1. The summed E-state index contributed by atoms with van der Waals surface area (Å²) in [5.41, 5.74) is 0.564. The molecule has 0 saturated heterocycles. The minimum atomic E-state index is 0.564. The molecule has 1 aliphatic rings. The van der Waals surface area contributed by atoms with E-state index in [-0.39, 0.29) is 0 Å². The van der Waals surface area contributed by atoms with Crippen molar-refractivity contribution in [1.29, 1.82) is 0 Å². The van der Waals surface area contributed by atoms with Crippen LogP contribution < -0.4 is 0 Å². The molecule has 0 radical (unpaired) electrons. The molecular formula is C13H26. The van der Waals surface area contributed by atoms with Crippen molar-refractivity contribution in [3.05, 3.63) is 0 Å². The van der Waals surface area contributed by atoms with Gasteiger partial charge in [0.2, 0.25) is 0 Å². The van der Waals surface area contributed by atoms with Crippen LogP contribution in [0.25, 0.3) is 0 Å². The minimum Gasteiger partial charge on any atom is -0.0649 e. The molecule has 0 heteroatoms. The Morgan fingerprint density at radius 3 is 2.31 bits per heavy atom. The Hall–Kier alpha value is 0. The van der Waals surface area contributed by atoms with Gasteiger partial charge in [-0.15, -0.1) is 0 Å². The van der Waals surface area contributed by atoms with E-state index in [1.807, 2.05) is 0 Å². The van der Waals surface area contributed by atoms with Gasteiger partial charge in [-0.05, 0) is 29.6 Å². The second-order valence-corrected chi connectivity index (χ2v) is 5.84. The molecule has 13 heavy (non-hydrogen) atoms. The normalized spacial score (nSPS) is 36.2. The lowest BCUT2D eigenvalue weighted by molar-refractivity contribution is 0.0743. The number of hydrogen-bond acceptors (Lipinski definition) is 0. The Morgan fingerprint density at radius 2 is 1.77 bits per heavy atom. The van der Waals surface area contributed by atoms with Crippen LogP contribution >= 0.6 is 0 Å². The summed E-state index contributed by atoms with van der Waals surface area (Å²) in [7, 11) is 0. The number of rotatable bonds is 2. The van der Waals surface area contributed by atoms with Gasteiger partial charge in [0.1, 0.15) is 0 Å². The molecule has 3 atom stereocenters. The summed E-state index contributed by atoms with van der Waals surface area (Å²) in [5, 5.41) is 0. The van der Waals surface area contributed by atoms with Gasteiger partial charge in [0.05, 0.1) is 0 Å². The first kappa shape index (κ1) is 11.1. The third kappa shape index (κ3) is 2.48. The summed E-state index contributed by atoms with van der Waals surface area (Å²) in [6.45, 7) is 12.1. The molecule has 0 spiro atoms. The fraction of sp³-hybridized carbons (Fsp3) is 1.00. The highest BCUT2D eigenvalue weighted by molar-refractivity contribution is 4.85. The summed E-state index contributed by atoms with van der Waals surface area (Å²) in [6.07, 6.45) is 5.70. The molecule has 0 aromatic rings. The Kier molecular flexibility index (Phi) is 3.43. The molecule has 1 fully saturated rings. The average Bonchev–Trinajstić information content (AvgIpc) is 2.09. The molecule has 78 valence electrons. The molecule has 0 aromatic carbocycles. The van der Waals surface area contributed by atoms with Crippen LogP contribution in [0.5, 0.6) is 0 Å². The van der Waals surface area contributed by atoms with Crippen molar-refractivity contribution < 1.29 is 0 Å². The van der Waals surface area contributed by atoms with Crippen molar-refractivity contribution in [2.45, 2.75) is 60.3 Å². The van der Waals surface area contributed by atoms with Gasteiger partial charge in [-0.2, -0.15) is 0 Å². The maximum atomic E-state index is 2.45. The zero-order valence-corrected chi connectivity index (χ0v) is 10.1. The summed E-state index contributed by atoms with van der Waals surface area (Å²) in [6, 6.07) is 0. The van der Waals surface area contributed by atoms with Gasteiger partial charge in [-0.1, -0.05) is 53.9 Å². The quantitative estimate of drug-likeness (QED) is 0.590. The van der Waals surface area contributed by atoms with Gasteiger partial charge in [-0.3, -0.25) is 0 Å². The van der Waals surface area contributed by atoms with Crippen molar-refractivity contribution in [2.75, 3.05) is 0 Å². The van der Waals surface area contributed by atoms with Crippen LogP contribution in [0.4, 0.5) is 0 Å². The maximum absolute atomic E-state index is 2.45. The van der Waals surface area contributed by atoms with Crippen LogP contribution in [0.2, 0.25) is 0 Å². The van der Waals surface area contributed by atoms with E-state index in [2.05, 4.69) is 34.6 Å². The maximum Gasteiger partial charge on any atom is -0.0326 e. The molecule has 0 N–H and O–H groups in total. The monoisotopic (exact) mass is 182 g/mol. The van der Waals surface area contributed by atoms with Crippen molar-refractivity contribution in [3.63, 3.8) is 0 Å². The Morgan fingerprint density at radius 1 is 1.15 bits per heavy atom. The van der Waals surface area contributed by atoms with E-state index in [0.29, 0.717) is 5.41 Å². The molecule has 1 rings (SSSR count). The van der Waals surface area contributed by atoms with Gasteiger partial charge in [0.15, 0.2) is 0 Å². The molecule has 0 amide bonds. The van der Waals surface area contributed by atoms with Gasteiger partial charge in [0, 0.05) is 0 Å². The summed E-state index contributed by atoms with van der Waals surface area (Å²) >= 11 is 0. The fourth-order valence-corrected chi connectivity index (χ4v) is 2.88. The highest BCUT2D eigenvalue weighted by atomic mass is 14.4. The first-order chi connectivity index (χ1) is 5.97. The van der Waals surface area contributed by atoms with Gasteiger partial charge >= 0.3 is 0 Å². The summed E-state index contributed by atoms with van der Waals surface area (Å²) in [5.74, 6) is 2.87. The fourth-order valence-electron chi connectivity index (χ4n) is 2.88. The molecule has 0 nitrogen and oxygen atoms in total.